The van der Waals surface area contributed by atoms with E-state index in [0.29, 0.717) is 5.56 Å². The molecule has 2 aromatic rings. The first-order valence-electron chi connectivity index (χ1n) is 5.36. The lowest BCUT2D eigenvalue weighted by Gasteiger charge is -2.09. The highest BCUT2D eigenvalue weighted by molar-refractivity contribution is 5.89. The van der Waals surface area contributed by atoms with Crippen LogP contribution in [0.1, 0.15) is 16.1 Å². The van der Waals surface area contributed by atoms with Gasteiger partial charge in [0.15, 0.2) is 17.2 Å². The highest BCUT2D eigenvalue weighted by Crippen LogP contribution is 2.28. The number of halogens is 1. The van der Waals surface area contributed by atoms with E-state index in [1.807, 2.05) is 0 Å². The minimum absolute atomic E-state index is 0.0109. The Bertz CT molecular complexity index is 598. The number of carbonyl (C=O) groups is 1. The summed E-state index contributed by atoms with van der Waals surface area (Å²) in [5, 5.41) is 18.4. The van der Waals surface area contributed by atoms with Gasteiger partial charge in [-0.15, -0.1) is 0 Å². The maximum Gasteiger partial charge on any atom is 0.358 e. The maximum atomic E-state index is 12.7. The number of carboxylic acids is 1. The molecular formula is C13H10FNO4. The van der Waals surface area contributed by atoms with Gasteiger partial charge < -0.3 is 14.9 Å². The minimum atomic E-state index is -1.34. The monoisotopic (exact) mass is 263 g/mol. The number of rotatable bonds is 4. The van der Waals surface area contributed by atoms with Crippen LogP contribution in [0, 0.1) is 5.82 Å². The van der Waals surface area contributed by atoms with Crippen molar-refractivity contribution in [3.05, 3.63) is 53.6 Å². The fraction of sp³-hybridized carbons (Fsp3) is 0.0769. The van der Waals surface area contributed by atoms with E-state index < -0.39 is 17.4 Å². The molecule has 0 unspecified atom stereocenters. The first-order valence-corrected chi connectivity index (χ1v) is 5.36. The molecular weight excluding hydrogens is 253 g/mol. The quantitative estimate of drug-likeness (QED) is 0.884. The summed E-state index contributed by atoms with van der Waals surface area (Å²) >= 11 is 0. The van der Waals surface area contributed by atoms with Gasteiger partial charge in [0.2, 0.25) is 0 Å². The first kappa shape index (κ1) is 12.8. The van der Waals surface area contributed by atoms with Crippen LogP contribution in [0.5, 0.6) is 11.5 Å². The van der Waals surface area contributed by atoms with Crippen LogP contribution >= 0.6 is 0 Å². The highest BCUT2D eigenvalue weighted by atomic mass is 19.1. The summed E-state index contributed by atoms with van der Waals surface area (Å²) in [6.45, 7) is 0.0803. The van der Waals surface area contributed by atoms with Crippen molar-refractivity contribution in [2.24, 2.45) is 0 Å². The van der Waals surface area contributed by atoms with Crippen molar-refractivity contribution in [1.82, 2.24) is 4.98 Å². The molecule has 0 aliphatic carbocycles. The Morgan fingerprint density at radius 3 is 2.58 bits per heavy atom. The molecule has 5 nitrogen and oxygen atoms in total. The molecule has 1 aromatic heterocycles. The van der Waals surface area contributed by atoms with Gasteiger partial charge in [-0.1, -0.05) is 12.1 Å². The average Bonchev–Trinajstić information content (AvgIpc) is 2.39. The smallest absolute Gasteiger partial charge is 0.358 e. The number of hydrogen-bond acceptors (Lipinski definition) is 4. The van der Waals surface area contributed by atoms with Crippen LogP contribution in [-0.2, 0) is 6.61 Å². The van der Waals surface area contributed by atoms with Crippen LogP contribution in [0.4, 0.5) is 4.39 Å². The molecule has 0 spiro atoms. The van der Waals surface area contributed by atoms with E-state index in [1.165, 1.54) is 36.5 Å². The van der Waals surface area contributed by atoms with E-state index >= 15 is 0 Å². The minimum Gasteiger partial charge on any atom is -0.503 e. The molecule has 1 heterocycles. The van der Waals surface area contributed by atoms with Gasteiger partial charge in [0.25, 0.3) is 0 Å². The number of aromatic hydroxyl groups is 1. The summed E-state index contributed by atoms with van der Waals surface area (Å²) in [6.07, 6.45) is 1.23. The third-order valence-corrected chi connectivity index (χ3v) is 2.40. The molecule has 0 bridgehead atoms. The number of ether oxygens (including phenoxy) is 1. The molecule has 0 atom stereocenters. The molecule has 0 amide bonds. The zero-order valence-electron chi connectivity index (χ0n) is 9.71. The summed E-state index contributed by atoms with van der Waals surface area (Å²) in [5.74, 6) is -2.22. The van der Waals surface area contributed by atoms with E-state index in [1.54, 1.807) is 0 Å². The summed E-state index contributed by atoms with van der Waals surface area (Å²) in [7, 11) is 0. The highest BCUT2D eigenvalue weighted by Gasteiger charge is 2.15. The van der Waals surface area contributed by atoms with Gasteiger partial charge in [-0.2, -0.15) is 0 Å². The number of benzene rings is 1. The van der Waals surface area contributed by atoms with Gasteiger partial charge in [0.05, 0.1) is 0 Å². The van der Waals surface area contributed by atoms with Crippen LogP contribution in [0.2, 0.25) is 0 Å². The molecule has 19 heavy (non-hydrogen) atoms. The first-order chi connectivity index (χ1) is 9.08. The summed E-state index contributed by atoms with van der Waals surface area (Å²) in [5.41, 5.74) is 0.214. The molecule has 1 aromatic carbocycles. The largest absolute Gasteiger partial charge is 0.503 e. The van der Waals surface area contributed by atoms with Gasteiger partial charge >= 0.3 is 5.97 Å². The standard InChI is InChI=1S/C13H10FNO4/c14-9-3-1-8(2-4-9)7-19-10-5-6-15-11(12(10)16)13(17)18/h1-6,16H,7H2,(H,17,18). The number of aromatic carboxylic acids is 1. The van der Waals surface area contributed by atoms with E-state index in [2.05, 4.69) is 4.98 Å². The molecule has 0 saturated heterocycles. The zero-order valence-corrected chi connectivity index (χ0v) is 9.71. The SMILES string of the molecule is O=C(O)c1nccc(OCc2ccc(F)cc2)c1O. The molecule has 0 saturated carbocycles. The Labute approximate surface area is 107 Å². The van der Waals surface area contributed by atoms with E-state index in [9.17, 15) is 14.3 Å². The van der Waals surface area contributed by atoms with Gasteiger partial charge in [-0.25, -0.2) is 14.2 Å². The molecule has 2 N–H and O–H groups in total. The molecule has 6 heteroatoms. The van der Waals surface area contributed by atoms with Crippen LogP contribution in [0.3, 0.4) is 0 Å². The van der Waals surface area contributed by atoms with Crippen molar-refractivity contribution in [2.75, 3.05) is 0 Å². The lowest BCUT2D eigenvalue weighted by molar-refractivity contribution is 0.0686. The van der Waals surface area contributed by atoms with E-state index in [-0.39, 0.29) is 18.2 Å². The number of hydrogen-bond donors (Lipinski definition) is 2. The molecule has 0 aliphatic heterocycles. The molecule has 0 radical (unpaired) electrons. The molecule has 0 aliphatic rings. The second kappa shape index (κ2) is 5.34. The lowest BCUT2D eigenvalue weighted by Crippen LogP contribution is -2.03. The lowest BCUT2D eigenvalue weighted by atomic mass is 10.2. The van der Waals surface area contributed by atoms with Crippen molar-refractivity contribution in [3.63, 3.8) is 0 Å². The predicted octanol–water partition coefficient (Wildman–Crippen LogP) is 2.20. The Balaban J connectivity index is 2.13. The van der Waals surface area contributed by atoms with Crippen LogP contribution in [-0.4, -0.2) is 21.2 Å². The maximum absolute atomic E-state index is 12.7. The van der Waals surface area contributed by atoms with Crippen LogP contribution in [0.15, 0.2) is 36.5 Å². The third-order valence-electron chi connectivity index (χ3n) is 2.40. The summed E-state index contributed by atoms with van der Waals surface area (Å²) in [6, 6.07) is 6.99. The molecule has 0 fully saturated rings. The third kappa shape index (κ3) is 2.98. The van der Waals surface area contributed by atoms with Crippen molar-refractivity contribution in [2.45, 2.75) is 6.61 Å². The Morgan fingerprint density at radius 2 is 1.95 bits per heavy atom. The van der Waals surface area contributed by atoms with Crippen molar-refractivity contribution in [1.29, 1.82) is 0 Å². The second-order valence-electron chi connectivity index (χ2n) is 3.73. The number of carboxylic acid groups (broad SMARTS) is 1. The predicted molar refractivity (Wildman–Crippen MR) is 63.6 cm³/mol. The molecule has 2 rings (SSSR count). The number of nitrogens with zero attached hydrogens (tertiary/aromatic N) is 1. The van der Waals surface area contributed by atoms with Crippen LogP contribution < -0.4 is 4.74 Å². The Hall–Kier alpha value is -2.63. The van der Waals surface area contributed by atoms with Gasteiger partial charge in [-0.3, -0.25) is 0 Å². The van der Waals surface area contributed by atoms with Gasteiger partial charge in [0, 0.05) is 12.3 Å². The fourth-order valence-corrected chi connectivity index (χ4v) is 1.45. The topological polar surface area (TPSA) is 79.7 Å². The van der Waals surface area contributed by atoms with Crippen LogP contribution in [0.25, 0.3) is 0 Å². The summed E-state index contributed by atoms with van der Waals surface area (Å²) < 4.78 is 18.0. The fourth-order valence-electron chi connectivity index (χ4n) is 1.45. The summed E-state index contributed by atoms with van der Waals surface area (Å²) in [4.78, 5) is 14.3. The van der Waals surface area contributed by atoms with Gasteiger partial charge in [0.1, 0.15) is 12.4 Å². The van der Waals surface area contributed by atoms with E-state index in [4.69, 9.17) is 9.84 Å². The van der Waals surface area contributed by atoms with Gasteiger partial charge in [-0.05, 0) is 17.7 Å². The zero-order chi connectivity index (χ0) is 13.8. The van der Waals surface area contributed by atoms with Crippen molar-refractivity contribution in [3.8, 4) is 11.5 Å². The van der Waals surface area contributed by atoms with Crippen molar-refractivity contribution < 1.29 is 24.1 Å². The van der Waals surface area contributed by atoms with E-state index in [0.717, 1.165) is 0 Å². The second-order valence-corrected chi connectivity index (χ2v) is 3.73. The Kier molecular flexibility index (Phi) is 3.61. The normalized spacial score (nSPS) is 10.2. The average molecular weight is 263 g/mol. The number of aromatic nitrogens is 1. The number of pyridine rings is 1. The van der Waals surface area contributed by atoms with Crippen molar-refractivity contribution >= 4 is 5.97 Å². The molecule has 98 valence electrons. The Morgan fingerprint density at radius 1 is 1.26 bits per heavy atom.